The maximum Gasteiger partial charge on any atom is 0.279 e. The lowest BCUT2D eigenvalue weighted by atomic mass is 10.1. The van der Waals surface area contributed by atoms with Gasteiger partial charge in [-0.2, -0.15) is 0 Å². The van der Waals surface area contributed by atoms with Crippen LogP contribution in [-0.4, -0.2) is 12.0 Å². The molecule has 2 rings (SSSR count). The lowest BCUT2D eigenvalue weighted by molar-refractivity contribution is -0.385. The predicted octanol–water partition coefficient (Wildman–Crippen LogP) is 4.14. The molecule has 2 aromatic rings. The van der Waals surface area contributed by atoms with Crippen LogP contribution in [0.4, 0.5) is 5.69 Å². The molecule has 0 N–H and O–H groups in total. The molecule has 0 aliphatic heterocycles. The molecule has 2 aromatic carbocycles. The quantitative estimate of drug-likeness (QED) is 0.615. The van der Waals surface area contributed by atoms with Crippen LogP contribution in [0.5, 0.6) is 11.5 Å². The summed E-state index contributed by atoms with van der Waals surface area (Å²) in [5.41, 5.74) is 1.34. The molecule has 0 heterocycles. The molecule has 0 saturated carbocycles. The minimum atomic E-state index is -0.460. The Morgan fingerprint density at radius 3 is 2.62 bits per heavy atom. The third-order valence-electron chi connectivity index (χ3n) is 2.98. The summed E-state index contributed by atoms with van der Waals surface area (Å²) in [5.74, 6) is 0.884. The summed E-state index contributed by atoms with van der Waals surface area (Å²) >= 11 is 6.08. The highest BCUT2D eigenvalue weighted by Crippen LogP contribution is 2.31. The molecule has 0 aromatic heterocycles. The molecule has 21 heavy (non-hydrogen) atoms. The van der Waals surface area contributed by atoms with Gasteiger partial charge >= 0.3 is 0 Å². The van der Waals surface area contributed by atoms with Gasteiger partial charge in [0.25, 0.3) is 5.69 Å². The highest BCUT2D eigenvalue weighted by Gasteiger charge is 2.19. The molecule has 110 valence electrons. The summed E-state index contributed by atoms with van der Waals surface area (Å²) in [4.78, 5) is 10.6. The number of aryl methyl sites for hydroxylation is 1. The fourth-order valence-corrected chi connectivity index (χ4v) is 2.22. The van der Waals surface area contributed by atoms with Crippen LogP contribution in [0.1, 0.15) is 11.1 Å². The SMILES string of the molecule is COc1cccc([N+](=O)[O-])c1COc1ccc(C)cc1Cl. The zero-order chi connectivity index (χ0) is 15.4. The van der Waals surface area contributed by atoms with Gasteiger partial charge in [0.05, 0.1) is 17.1 Å². The highest BCUT2D eigenvalue weighted by molar-refractivity contribution is 6.32. The molecule has 0 radical (unpaired) electrons. The van der Waals surface area contributed by atoms with Gasteiger partial charge in [-0.25, -0.2) is 0 Å². The van der Waals surface area contributed by atoms with E-state index in [9.17, 15) is 10.1 Å². The number of halogens is 1. The number of benzene rings is 2. The molecular weight excluding hydrogens is 294 g/mol. The Morgan fingerprint density at radius 2 is 2.00 bits per heavy atom. The number of ether oxygens (including phenoxy) is 2. The number of nitro groups is 1. The van der Waals surface area contributed by atoms with E-state index in [0.29, 0.717) is 22.1 Å². The van der Waals surface area contributed by atoms with Gasteiger partial charge in [-0.15, -0.1) is 0 Å². The molecule has 0 atom stereocenters. The molecule has 0 aliphatic rings. The molecule has 0 spiro atoms. The Balaban J connectivity index is 2.28. The molecule has 0 fully saturated rings. The minimum absolute atomic E-state index is 0.00308. The second-order valence-electron chi connectivity index (χ2n) is 4.44. The van der Waals surface area contributed by atoms with E-state index in [4.69, 9.17) is 21.1 Å². The van der Waals surface area contributed by atoms with Crippen LogP contribution in [0, 0.1) is 17.0 Å². The summed E-state index contributed by atoms with van der Waals surface area (Å²) in [6, 6.07) is 10.0. The number of hydrogen-bond acceptors (Lipinski definition) is 4. The standard InChI is InChI=1S/C15H14ClNO4/c1-10-6-7-15(12(16)8-10)21-9-11-13(17(18)19)4-3-5-14(11)20-2/h3-8H,9H2,1-2H3. The highest BCUT2D eigenvalue weighted by atomic mass is 35.5. The van der Waals surface area contributed by atoms with Crippen molar-refractivity contribution in [2.75, 3.05) is 7.11 Å². The summed E-state index contributed by atoms with van der Waals surface area (Å²) < 4.78 is 10.8. The number of hydrogen-bond donors (Lipinski definition) is 0. The lowest BCUT2D eigenvalue weighted by Crippen LogP contribution is -2.03. The van der Waals surface area contributed by atoms with E-state index in [1.54, 1.807) is 24.3 Å². The van der Waals surface area contributed by atoms with E-state index < -0.39 is 4.92 Å². The molecule has 0 amide bonds. The van der Waals surface area contributed by atoms with Gasteiger partial charge in [0.2, 0.25) is 0 Å². The third kappa shape index (κ3) is 3.44. The van der Waals surface area contributed by atoms with Crippen LogP contribution in [0.15, 0.2) is 36.4 Å². The average molecular weight is 308 g/mol. The Hall–Kier alpha value is -2.27. The zero-order valence-electron chi connectivity index (χ0n) is 11.6. The van der Waals surface area contributed by atoms with Crippen molar-refractivity contribution < 1.29 is 14.4 Å². The van der Waals surface area contributed by atoms with Crippen molar-refractivity contribution in [1.82, 2.24) is 0 Å². The van der Waals surface area contributed by atoms with E-state index in [1.807, 2.05) is 13.0 Å². The van der Waals surface area contributed by atoms with E-state index in [1.165, 1.54) is 13.2 Å². The van der Waals surface area contributed by atoms with Gasteiger partial charge in [-0.1, -0.05) is 23.7 Å². The van der Waals surface area contributed by atoms with Crippen molar-refractivity contribution in [3.05, 3.63) is 62.7 Å². The number of rotatable bonds is 5. The fourth-order valence-electron chi connectivity index (χ4n) is 1.93. The van der Waals surface area contributed by atoms with E-state index >= 15 is 0 Å². The summed E-state index contributed by atoms with van der Waals surface area (Å²) in [6.07, 6.45) is 0. The van der Waals surface area contributed by atoms with Gasteiger partial charge < -0.3 is 9.47 Å². The van der Waals surface area contributed by atoms with Gasteiger partial charge in [0.15, 0.2) is 0 Å². The van der Waals surface area contributed by atoms with Gasteiger partial charge in [0, 0.05) is 6.07 Å². The zero-order valence-corrected chi connectivity index (χ0v) is 12.4. The Kier molecular flexibility index (Phi) is 4.65. The number of nitrogens with zero attached hydrogens (tertiary/aromatic N) is 1. The second-order valence-corrected chi connectivity index (χ2v) is 4.84. The van der Waals surface area contributed by atoms with E-state index in [-0.39, 0.29) is 12.3 Å². The van der Waals surface area contributed by atoms with Crippen molar-refractivity contribution in [2.24, 2.45) is 0 Å². The monoisotopic (exact) mass is 307 g/mol. The first-order chi connectivity index (χ1) is 10.0. The average Bonchev–Trinajstić information content (AvgIpc) is 2.45. The van der Waals surface area contributed by atoms with Crippen LogP contribution >= 0.6 is 11.6 Å². The lowest BCUT2D eigenvalue weighted by Gasteiger charge is -2.11. The minimum Gasteiger partial charge on any atom is -0.496 e. The fraction of sp³-hybridized carbons (Fsp3) is 0.200. The molecule has 0 saturated heterocycles. The normalized spacial score (nSPS) is 10.2. The van der Waals surface area contributed by atoms with Crippen LogP contribution in [0.3, 0.4) is 0 Å². The van der Waals surface area contributed by atoms with Crippen molar-refractivity contribution in [1.29, 1.82) is 0 Å². The van der Waals surface area contributed by atoms with Gasteiger partial charge in [-0.05, 0) is 30.7 Å². The van der Waals surface area contributed by atoms with Crippen molar-refractivity contribution in [2.45, 2.75) is 13.5 Å². The van der Waals surface area contributed by atoms with Crippen molar-refractivity contribution >= 4 is 17.3 Å². The summed E-state index contributed by atoms with van der Waals surface area (Å²) in [6.45, 7) is 1.92. The molecule has 5 nitrogen and oxygen atoms in total. The van der Waals surface area contributed by atoms with Crippen molar-refractivity contribution in [3.8, 4) is 11.5 Å². The largest absolute Gasteiger partial charge is 0.496 e. The second kappa shape index (κ2) is 6.45. The van der Waals surface area contributed by atoms with Crippen molar-refractivity contribution in [3.63, 3.8) is 0 Å². The van der Waals surface area contributed by atoms with Crippen LogP contribution in [-0.2, 0) is 6.61 Å². The smallest absolute Gasteiger partial charge is 0.279 e. The molecule has 0 bridgehead atoms. The van der Waals surface area contributed by atoms with E-state index in [2.05, 4.69) is 0 Å². The Morgan fingerprint density at radius 1 is 1.24 bits per heavy atom. The first-order valence-electron chi connectivity index (χ1n) is 6.22. The first kappa shape index (κ1) is 15.1. The molecule has 6 heteroatoms. The van der Waals surface area contributed by atoms with Crippen LogP contribution < -0.4 is 9.47 Å². The molecular formula is C15H14ClNO4. The maximum atomic E-state index is 11.1. The Bertz CT molecular complexity index is 673. The van der Waals surface area contributed by atoms with Crippen LogP contribution in [0.25, 0.3) is 0 Å². The number of methoxy groups -OCH3 is 1. The van der Waals surface area contributed by atoms with E-state index in [0.717, 1.165) is 5.56 Å². The van der Waals surface area contributed by atoms with Gasteiger partial charge in [0.1, 0.15) is 23.7 Å². The predicted molar refractivity (Wildman–Crippen MR) is 80.2 cm³/mol. The summed E-state index contributed by atoms with van der Waals surface area (Å²) in [5, 5.41) is 11.5. The first-order valence-corrected chi connectivity index (χ1v) is 6.60. The maximum absolute atomic E-state index is 11.1. The topological polar surface area (TPSA) is 61.6 Å². The van der Waals surface area contributed by atoms with Crippen LogP contribution in [0.2, 0.25) is 5.02 Å². The Labute approximate surface area is 127 Å². The number of nitro benzene ring substituents is 1. The molecule has 0 unspecified atom stereocenters. The molecule has 0 aliphatic carbocycles. The summed E-state index contributed by atoms with van der Waals surface area (Å²) in [7, 11) is 1.46. The van der Waals surface area contributed by atoms with Gasteiger partial charge in [-0.3, -0.25) is 10.1 Å². The third-order valence-corrected chi connectivity index (χ3v) is 3.28.